The van der Waals surface area contributed by atoms with E-state index in [-0.39, 0.29) is 6.10 Å². The Bertz CT molecular complexity index is 233. The molecule has 0 aliphatic heterocycles. The summed E-state index contributed by atoms with van der Waals surface area (Å²) in [5, 5.41) is 3.38. The maximum atomic E-state index is 5.42. The van der Waals surface area contributed by atoms with E-state index < -0.39 is 0 Å². The molecule has 0 saturated heterocycles. The molecule has 0 spiro atoms. The molecule has 1 heterocycles. The Labute approximate surface area is 85.4 Å². The van der Waals surface area contributed by atoms with Crippen LogP contribution in [0.1, 0.15) is 32.4 Å². The van der Waals surface area contributed by atoms with Crippen molar-refractivity contribution in [1.82, 2.24) is 5.32 Å². The lowest BCUT2D eigenvalue weighted by atomic mass is 10.2. The van der Waals surface area contributed by atoms with Crippen LogP contribution in [-0.4, -0.2) is 19.3 Å². The van der Waals surface area contributed by atoms with E-state index in [0.717, 1.165) is 13.2 Å². The van der Waals surface area contributed by atoms with E-state index in [2.05, 4.69) is 19.2 Å². The van der Waals surface area contributed by atoms with Gasteiger partial charge in [-0.1, -0.05) is 0 Å². The zero-order chi connectivity index (χ0) is 10.4. The molecular formula is C11H19NO2. The van der Waals surface area contributed by atoms with Crippen molar-refractivity contribution in [2.24, 2.45) is 0 Å². The third-order valence-corrected chi connectivity index (χ3v) is 2.21. The molecule has 80 valence electrons. The molecule has 0 saturated carbocycles. The average Bonchev–Trinajstić information content (AvgIpc) is 2.67. The summed E-state index contributed by atoms with van der Waals surface area (Å²) in [6, 6.07) is 2.29. The van der Waals surface area contributed by atoms with Gasteiger partial charge in [0.2, 0.25) is 0 Å². The summed E-state index contributed by atoms with van der Waals surface area (Å²) in [5.74, 6) is 0. The first-order valence-corrected chi connectivity index (χ1v) is 5.11. The molecule has 0 bridgehead atoms. The number of furan rings is 1. The quantitative estimate of drug-likeness (QED) is 0.760. The van der Waals surface area contributed by atoms with Gasteiger partial charge in [-0.15, -0.1) is 0 Å². The molecule has 2 unspecified atom stereocenters. The molecule has 1 N–H and O–H groups in total. The first kappa shape index (κ1) is 11.3. The first-order valence-electron chi connectivity index (χ1n) is 5.11. The van der Waals surface area contributed by atoms with Gasteiger partial charge >= 0.3 is 0 Å². The molecule has 0 amide bonds. The molecule has 1 aromatic heterocycles. The molecule has 0 aliphatic rings. The monoisotopic (exact) mass is 197 g/mol. The lowest BCUT2D eigenvalue weighted by Crippen LogP contribution is -2.28. The van der Waals surface area contributed by atoms with Gasteiger partial charge in [0.1, 0.15) is 0 Å². The fourth-order valence-electron chi connectivity index (χ4n) is 1.33. The standard InChI is InChI=1S/C11H19NO2/c1-4-14-9(2)7-12-10(3)11-5-6-13-8-11/h5-6,8-10,12H,4,7H2,1-3H3. The minimum absolute atomic E-state index is 0.259. The van der Waals surface area contributed by atoms with E-state index in [0.29, 0.717) is 6.04 Å². The average molecular weight is 197 g/mol. The van der Waals surface area contributed by atoms with Crippen LogP contribution in [0.5, 0.6) is 0 Å². The van der Waals surface area contributed by atoms with Gasteiger partial charge in [0.15, 0.2) is 0 Å². The molecule has 1 rings (SSSR count). The second-order valence-electron chi connectivity index (χ2n) is 3.45. The first-order chi connectivity index (χ1) is 6.74. The molecule has 2 atom stereocenters. The molecule has 0 radical (unpaired) electrons. The van der Waals surface area contributed by atoms with Crippen LogP contribution in [0.2, 0.25) is 0 Å². The van der Waals surface area contributed by atoms with Crippen molar-refractivity contribution in [3.05, 3.63) is 24.2 Å². The van der Waals surface area contributed by atoms with Crippen molar-refractivity contribution in [1.29, 1.82) is 0 Å². The van der Waals surface area contributed by atoms with Crippen LogP contribution >= 0.6 is 0 Å². The summed E-state index contributed by atoms with van der Waals surface area (Å²) in [7, 11) is 0. The lowest BCUT2D eigenvalue weighted by molar-refractivity contribution is 0.0743. The van der Waals surface area contributed by atoms with Gasteiger partial charge in [0.25, 0.3) is 0 Å². The Kier molecular flexibility index (Phi) is 4.70. The number of rotatable bonds is 6. The Hall–Kier alpha value is -0.800. The van der Waals surface area contributed by atoms with Crippen molar-refractivity contribution in [2.45, 2.75) is 32.9 Å². The molecule has 3 heteroatoms. The van der Waals surface area contributed by atoms with Gasteiger partial charge in [0, 0.05) is 24.8 Å². The van der Waals surface area contributed by atoms with Crippen LogP contribution in [-0.2, 0) is 4.74 Å². The van der Waals surface area contributed by atoms with Crippen LogP contribution in [0, 0.1) is 0 Å². The Morgan fingerprint density at radius 3 is 2.86 bits per heavy atom. The minimum Gasteiger partial charge on any atom is -0.472 e. The highest BCUT2D eigenvalue weighted by molar-refractivity contribution is 5.10. The van der Waals surface area contributed by atoms with Crippen LogP contribution in [0.15, 0.2) is 23.0 Å². The summed E-state index contributed by atoms with van der Waals surface area (Å²) in [4.78, 5) is 0. The highest BCUT2D eigenvalue weighted by atomic mass is 16.5. The van der Waals surface area contributed by atoms with Crippen LogP contribution in [0.4, 0.5) is 0 Å². The van der Waals surface area contributed by atoms with Gasteiger partial charge in [-0.3, -0.25) is 0 Å². The Balaban J connectivity index is 2.24. The fraction of sp³-hybridized carbons (Fsp3) is 0.636. The maximum absolute atomic E-state index is 5.42. The number of ether oxygens (including phenoxy) is 1. The summed E-state index contributed by atoms with van der Waals surface area (Å²) >= 11 is 0. The third-order valence-electron chi connectivity index (χ3n) is 2.21. The van der Waals surface area contributed by atoms with Gasteiger partial charge in [-0.05, 0) is 26.8 Å². The zero-order valence-electron chi connectivity index (χ0n) is 9.12. The van der Waals surface area contributed by atoms with Crippen molar-refractivity contribution in [3.8, 4) is 0 Å². The largest absolute Gasteiger partial charge is 0.472 e. The summed E-state index contributed by atoms with van der Waals surface area (Å²) in [6.45, 7) is 7.82. The summed E-state index contributed by atoms with van der Waals surface area (Å²) in [5.41, 5.74) is 1.17. The van der Waals surface area contributed by atoms with E-state index in [1.54, 1.807) is 12.5 Å². The minimum atomic E-state index is 0.259. The van der Waals surface area contributed by atoms with E-state index in [1.165, 1.54) is 5.56 Å². The van der Waals surface area contributed by atoms with Crippen LogP contribution in [0.3, 0.4) is 0 Å². The van der Waals surface area contributed by atoms with E-state index in [4.69, 9.17) is 9.15 Å². The molecule has 3 nitrogen and oxygen atoms in total. The predicted octanol–water partition coefficient (Wildman–Crippen LogP) is 2.36. The van der Waals surface area contributed by atoms with Crippen molar-refractivity contribution < 1.29 is 9.15 Å². The highest BCUT2D eigenvalue weighted by Gasteiger charge is 2.07. The van der Waals surface area contributed by atoms with Crippen LogP contribution < -0.4 is 5.32 Å². The SMILES string of the molecule is CCOC(C)CNC(C)c1ccoc1. The van der Waals surface area contributed by atoms with Gasteiger partial charge in [0.05, 0.1) is 18.6 Å². The second-order valence-corrected chi connectivity index (χ2v) is 3.45. The zero-order valence-corrected chi connectivity index (χ0v) is 9.12. The lowest BCUT2D eigenvalue weighted by Gasteiger charge is -2.16. The molecule has 0 aliphatic carbocycles. The predicted molar refractivity (Wildman–Crippen MR) is 56.2 cm³/mol. The third kappa shape index (κ3) is 3.52. The molecule has 14 heavy (non-hydrogen) atoms. The van der Waals surface area contributed by atoms with Crippen molar-refractivity contribution >= 4 is 0 Å². The molecule has 0 aromatic carbocycles. The van der Waals surface area contributed by atoms with Crippen molar-refractivity contribution in [3.63, 3.8) is 0 Å². The Morgan fingerprint density at radius 2 is 2.29 bits per heavy atom. The fourth-order valence-corrected chi connectivity index (χ4v) is 1.33. The summed E-state index contributed by atoms with van der Waals surface area (Å²) < 4.78 is 10.4. The van der Waals surface area contributed by atoms with E-state index in [9.17, 15) is 0 Å². The maximum Gasteiger partial charge on any atom is 0.0950 e. The highest BCUT2D eigenvalue weighted by Crippen LogP contribution is 2.11. The summed E-state index contributed by atoms with van der Waals surface area (Å²) in [6.07, 6.45) is 3.72. The smallest absolute Gasteiger partial charge is 0.0950 e. The van der Waals surface area contributed by atoms with Crippen LogP contribution in [0.25, 0.3) is 0 Å². The second kappa shape index (κ2) is 5.83. The number of hydrogen-bond acceptors (Lipinski definition) is 3. The van der Waals surface area contributed by atoms with Gasteiger partial charge < -0.3 is 14.5 Å². The number of nitrogens with one attached hydrogen (secondary N) is 1. The van der Waals surface area contributed by atoms with E-state index >= 15 is 0 Å². The van der Waals surface area contributed by atoms with E-state index in [1.807, 2.05) is 13.0 Å². The molecule has 1 aromatic rings. The van der Waals surface area contributed by atoms with Crippen molar-refractivity contribution in [2.75, 3.05) is 13.2 Å². The topological polar surface area (TPSA) is 34.4 Å². The Morgan fingerprint density at radius 1 is 1.50 bits per heavy atom. The molecular weight excluding hydrogens is 178 g/mol. The van der Waals surface area contributed by atoms with Gasteiger partial charge in [-0.2, -0.15) is 0 Å². The van der Waals surface area contributed by atoms with Gasteiger partial charge in [-0.25, -0.2) is 0 Å². The molecule has 0 fully saturated rings. The number of hydrogen-bond donors (Lipinski definition) is 1. The normalized spacial score (nSPS) is 15.4.